The van der Waals surface area contributed by atoms with Gasteiger partial charge in [0, 0.05) is 12.5 Å². The summed E-state index contributed by atoms with van der Waals surface area (Å²) in [5.41, 5.74) is 1.16. The predicted octanol–water partition coefficient (Wildman–Crippen LogP) is 3.08. The van der Waals surface area contributed by atoms with Crippen molar-refractivity contribution in [2.45, 2.75) is 12.8 Å². The van der Waals surface area contributed by atoms with E-state index in [1.165, 1.54) is 6.20 Å². The lowest BCUT2D eigenvalue weighted by Gasteiger charge is -2.09. The van der Waals surface area contributed by atoms with Gasteiger partial charge >= 0.3 is 0 Å². The quantitative estimate of drug-likeness (QED) is 0.397. The Morgan fingerprint density at radius 2 is 1.89 bits per heavy atom. The monoisotopic (exact) mass is 248 g/mol. The number of hydrogen-bond donors (Lipinski definition) is 0. The summed E-state index contributed by atoms with van der Waals surface area (Å²) in [7, 11) is 0. The van der Waals surface area contributed by atoms with Crippen LogP contribution in [0.1, 0.15) is 12.0 Å². The number of aryl methyl sites for hydroxylation is 1. The molecule has 0 radical (unpaired) electrons. The molecule has 0 amide bonds. The number of aromatic nitrogens is 1. The zero-order valence-corrected chi connectivity index (χ0v) is 10.3. The van der Waals surface area contributed by atoms with Gasteiger partial charge in [-0.25, -0.2) is 0 Å². The van der Waals surface area contributed by atoms with Crippen molar-refractivity contribution in [2.75, 3.05) is 0 Å². The maximum Gasteiger partial charge on any atom is 0.188 e. The van der Waals surface area contributed by atoms with Crippen LogP contribution in [0.15, 0.2) is 48.8 Å². The van der Waals surface area contributed by atoms with E-state index in [2.05, 4.69) is 12.1 Å². The second-order valence-corrected chi connectivity index (χ2v) is 4.55. The van der Waals surface area contributed by atoms with E-state index in [-0.39, 0.29) is 0 Å². The Bertz CT molecular complexity index is 803. The van der Waals surface area contributed by atoms with Gasteiger partial charge in [-0.15, -0.1) is 0 Å². The summed E-state index contributed by atoms with van der Waals surface area (Å²) in [6.45, 7) is 0. The van der Waals surface area contributed by atoms with Gasteiger partial charge < -0.3 is 5.21 Å². The Balaban J connectivity index is 2.37. The predicted molar refractivity (Wildman–Crippen MR) is 74.3 cm³/mol. The van der Waals surface area contributed by atoms with Gasteiger partial charge in [-0.1, -0.05) is 30.3 Å². The molecule has 92 valence electrons. The first kappa shape index (κ1) is 11.5. The second kappa shape index (κ2) is 4.58. The summed E-state index contributed by atoms with van der Waals surface area (Å²) in [5, 5.41) is 24.4. The number of nitrogens with zero attached hydrogens (tertiary/aromatic N) is 2. The van der Waals surface area contributed by atoms with Gasteiger partial charge in [0.25, 0.3) is 0 Å². The van der Waals surface area contributed by atoms with E-state index in [1.807, 2.05) is 30.3 Å². The van der Waals surface area contributed by atoms with Crippen LogP contribution in [0.4, 0.5) is 0 Å². The first-order valence-electron chi connectivity index (χ1n) is 6.20. The number of nitriles is 1. The van der Waals surface area contributed by atoms with Crippen molar-refractivity contribution in [1.82, 2.24) is 0 Å². The Morgan fingerprint density at radius 1 is 1.11 bits per heavy atom. The first-order valence-corrected chi connectivity index (χ1v) is 6.20. The highest BCUT2D eigenvalue weighted by Gasteiger charge is 2.08. The molecule has 3 heteroatoms. The van der Waals surface area contributed by atoms with Crippen LogP contribution in [0.2, 0.25) is 0 Å². The molecule has 19 heavy (non-hydrogen) atoms. The maximum absolute atomic E-state index is 11.5. The highest BCUT2D eigenvalue weighted by Crippen LogP contribution is 2.28. The van der Waals surface area contributed by atoms with Crippen LogP contribution in [0.25, 0.3) is 21.5 Å². The summed E-state index contributed by atoms with van der Waals surface area (Å²) in [4.78, 5) is 0. The average molecular weight is 248 g/mol. The number of benzene rings is 2. The molecule has 3 nitrogen and oxygen atoms in total. The molecule has 0 aliphatic rings. The van der Waals surface area contributed by atoms with Crippen molar-refractivity contribution in [3.8, 4) is 6.07 Å². The van der Waals surface area contributed by atoms with Crippen LogP contribution in [0.3, 0.4) is 0 Å². The van der Waals surface area contributed by atoms with E-state index in [9.17, 15) is 5.21 Å². The lowest BCUT2D eigenvalue weighted by Crippen LogP contribution is -2.23. The molecule has 1 heterocycles. The van der Waals surface area contributed by atoms with Crippen LogP contribution in [0.5, 0.6) is 0 Å². The van der Waals surface area contributed by atoms with Gasteiger partial charge in [-0.3, -0.25) is 0 Å². The standard InChI is InChI=1S/C16H12N2O/c17-8-3-4-12-10-13-7-9-18(19)11-16(13)15-6-2-1-5-14(12)15/h1-2,5-7,9-11H,3-4H2. The van der Waals surface area contributed by atoms with Crippen LogP contribution < -0.4 is 4.73 Å². The third-order valence-corrected chi connectivity index (χ3v) is 3.37. The summed E-state index contributed by atoms with van der Waals surface area (Å²) in [6.07, 6.45) is 4.35. The number of rotatable bonds is 2. The molecule has 0 saturated carbocycles. The minimum atomic E-state index is 0.504. The van der Waals surface area contributed by atoms with Gasteiger partial charge in [-0.2, -0.15) is 9.99 Å². The minimum absolute atomic E-state index is 0.504. The van der Waals surface area contributed by atoms with E-state index in [1.54, 1.807) is 6.20 Å². The van der Waals surface area contributed by atoms with E-state index >= 15 is 0 Å². The molecule has 3 aromatic rings. The molecule has 0 fully saturated rings. The molecule has 3 rings (SSSR count). The Hall–Kier alpha value is -2.60. The zero-order valence-electron chi connectivity index (χ0n) is 10.3. The van der Waals surface area contributed by atoms with E-state index < -0.39 is 0 Å². The van der Waals surface area contributed by atoms with Crippen molar-refractivity contribution >= 4 is 21.5 Å². The zero-order chi connectivity index (χ0) is 13.2. The fourth-order valence-corrected chi connectivity index (χ4v) is 2.50. The molecule has 0 unspecified atom stereocenters. The molecule has 1 aromatic heterocycles. The average Bonchev–Trinajstić information content (AvgIpc) is 2.45. The molecular weight excluding hydrogens is 236 g/mol. The topological polar surface area (TPSA) is 50.7 Å². The molecular formula is C16H12N2O. The Labute approximate surface area is 110 Å². The van der Waals surface area contributed by atoms with Gasteiger partial charge in [0.05, 0.1) is 11.5 Å². The Morgan fingerprint density at radius 3 is 2.68 bits per heavy atom. The first-order chi connectivity index (χ1) is 9.29. The largest absolute Gasteiger partial charge is 0.619 e. The highest BCUT2D eigenvalue weighted by atomic mass is 16.5. The third kappa shape index (κ3) is 1.98. The molecule has 0 atom stereocenters. The fourth-order valence-electron chi connectivity index (χ4n) is 2.50. The number of pyridine rings is 1. The van der Waals surface area contributed by atoms with Crippen molar-refractivity contribution in [1.29, 1.82) is 5.26 Å². The van der Waals surface area contributed by atoms with Crippen molar-refractivity contribution in [3.05, 3.63) is 59.6 Å². The van der Waals surface area contributed by atoms with Gasteiger partial charge in [0.2, 0.25) is 0 Å². The summed E-state index contributed by atoms with van der Waals surface area (Å²) < 4.78 is 0.823. The van der Waals surface area contributed by atoms with E-state index in [0.29, 0.717) is 6.42 Å². The van der Waals surface area contributed by atoms with Gasteiger partial charge in [-0.05, 0) is 28.1 Å². The SMILES string of the molecule is N#CCCc1cc2cc[n+]([O-])cc2c2ccccc12. The summed E-state index contributed by atoms with van der Waals surface area (Å²) in [5.74, 6) is 0. The lowest BCUT2D eigenvalue weighted by atomic mass is 9.96. The van der Waals surface area contributed by atoms with Crippen LogP contribution in [0, 0.1) is 16.5 Å². The van der Waals surface area contributed by atoms with Crippen LogP contribution in [-0.2, 0) is 6.42 Å². The molecule has 0 spiro atoms. The van der Waals surface area contributed by atoms with Gasteiger partial charge in [0.1, 0.15) is 0 Å². The second-order valence-electron chi connectivity index (χ2n) is 4.55. The maximum atomic E-state index is 11.5. The smallest absolute Gasteiger partial charge is 0.188 e. The van der Waals surface area contributed by atoms with Gasteiger partial charge in [0.15, 0.2) is 12.4 Å². The molecule has 0 saturated heterocycles. The highest BCUT2D eigenvalue weighted by molar-refractivity contribution is 6.08. The molecule has 2 aromatic carbocycles. The third-order valence-electron chi connectivity index (χ3n) is 3.37. The number of fused-ring (bicyclic) bond motifs is 3. The summed E-state index contributed by atoms with van der Waals surface area (Å²) >= 11 is 0. The van der Waals surface area contributed by atoms with Crippen LogP contribution in [-0.4, -0.2) is 0 Å². The normalized spacial score (nSPS) is 10.7. The Kier molecular flexibility index (Phi) is 2.77. The van der Waals surface area contributed by atoms with Crippen molar-refractivity contribution < 1.29 is 4.73 Å². The molecule has 0 N–H and O–H groups in total. The van der Waals surface area contributed by atoms with Crippen molar-refractivity contribution in [2.24, 2.45) is 0 Å². The molecule has 0 aliphatic carbocycles. The van der Waals surface area contributed by atoms with Crippen LogP contribution >= 0.6 is 0 Å². The fraction of sp³-hybridized carbons (Fsp3) is 0.125. The molecule has 0 bridgehead atoms. The lowest BCUT2D eigenvalue weighted by molar-refractivity contribution is -0.603. The number of hydrogen-bond acceptors (Lipinski definition) is 2. The van der Waals surface area contributed by atoms with E-state index in [4.69, 9.17) is 5.26 Å². The van der Waals surface area contributed by atoms with Crippen molar-refractivity contribution in [3.63, 3.8) is 0 Å². The summed E-state index contributed by atoms with van der Waals surface area (Å²) in [6, 6.07) is 14.1. The minimum Gasteiger partial charge on any atom is -0.619 e. The van der Waals surface area contributed by atoms with E-state index in [0.717, 1.165) is 38.3 Å². The molecule has 0 aliphatic heterocycles.